The number of benzene rings is 3. The van der Waals surface area contributed by atoms with E-state index in [9.17, 15) is 0 Å². The van der Waals surface area contributed by atoms with Crippen LogP contribution in [0.1, 0.15) is 11.1 Å². The first-order chi connectivity index (χ1) is 10.8. The van der Waals surface area contributed by atoms with Gasteiger partial charge in [0.1, 0.15) is 0 Å². The van der Waals surface area contributed by atoms with Gasteiger partial charge in [-0.1, -0.05) is 48.5 Å². The molecular weight excluding hydrogens is 267 g/mol. The largest absolute Gasteiger partial charge is 0.409 e. The van der Waals surface area contributed by atoms with Gasteiger partial charge in [0.05, 0.1) is 0 Å². The van der Waals surface area contributed by atoms with Gasteiger partial charge in [0.25, 0.3) is 0 Å². The van der Waals surface area contributed by atoms with Gasteiger partial charge in [0, 0.05) is 16.8 Å². The molecule has 1 heterocycles. The summed E-state index contributed by atoms with van der Waals surface area (Å²) in [5, 5.41) is 9.87. The van der Waals surface area contributed by atoms with Crippen LogP contribution >= 0.6 is 0 Å². The molecule has 0 spiro atoms. The fourth-order valence-corrected chi connectivity index (χ4v) is 3.33. The summed E-state index contributed by atoms with van der Waals surface area (Å²) in [4.78, 5) is 0. The number of nitrogens with one attached hydrogen (secondary N) is 2. The minimum absolute atomic E-state index is 0.278. The second-order valence-corrected chi connectivity index (χ2v) is 6.02. The van der Waals surface area contributed by atoms with E-state index in [2.05, 4.69) is 78.0 Å². The fraction of sp³-hybridized carbons (Fsp3) is 0.158. The van der Waals surface area contributed by atoms with E-state index >= 15 is 0 Å². The minimum atomic E-state index is 0.278. The van der Waals surface area contributed by atoms with Gasteiger partial charge in [-0.15, -0.1) is 0 Å². The van der Waals surface area contributed by atoms with E-state index in [0.717, 1.165) is 12.7 Å². The predicted octanol–water partition coefficient (Wildman–Crippen LogP) is 4.72. The van der Waals surface area contributed by atoms with Crippen LogP contribution in [0.5, 0.6) is 0 Å². The average molecular weight is 286 g/mol. The third-order valence-corrected chi connectivity index (χ3v) is 4.53. The van der Waals surface area contributed by atoms with Crippen molar-refractivity contribution in [2.75, 3.05) is 10.5 Å². The maximum Gasteiger partial charge on any atom is 0.370 e. The molecule has 22 heavy (non-hydrogen) atoms. The summed E-state index contributed by atoms with van der Waals surface area (Å²) < 4.78 is 0. The Labute approximate surface area is 131 Å². The Morgan fingerprint density at radius 1 is 0.818 bits per heavy atom. The lowest BCUT2D eigenvalue weighted by molar-refractivity contribution is 1.08. The molecule has 108 valence electrons. The molecule has 0 radical (unpaired) electrons. The highest BCUT2D eigenvalue weighted by Crippen LogP contribution is 2.34. The molecule has 2 N–H and O–H groups in total. The van der Waals surface area contributed by atoms with Crippen LogP contribution in [0.3, 0.4) is 0 Å². The topological polar surface area (TPSA) is 24.1 Å². The van der Waals surface area contributed by atoms with Crippen molar-refractivity contribution < 1.29 is 0 Å². The first-order valence-electron chi connectivity index (χ1n) is 7.90. The van der Waals surface area contributed by atoms with Crippen LogP contribution in [-0.4, -0.2) is 6.98 Å². The maximum atomic E-state index is 3.64. The fourth-order valence-electron chi connectivity index (χ4n) is 3.33. The molecule has 0 aromatic heterocycles. The number of aryl methyl sites for hydroxylation is 2. The minimum Gasteiger partial charge on any atom is -0.409 e. The Hall–Kier alpha value is -2.42. The van der Waals surface area contributed by atoms with E-state index in [-0.39, 0.29) is 6.98 Å². The Morgan fingerprint density at radius 3 is 2.18 bits per heavy atom. The van der Waals surface area contributed by atoms with E-state index in [0.29, 0.717) is 0 Å². The highest BCUT2D eigenvalue weighted by molar-refractivity contribution is 6.67. The van der Waals surface area contributed by atoms with Gasteiger partial charge < -0.3 is 10.5 Å². The number of rotatable bonds is 3. The van der Waals surface area contributed by atoms with Crippen LogP contribution in [0.25, 0.3) is 10.8 Å². The molecule has 0 unspecified atom stereocenters. The highest BCUT2D eigenvalue weighted by Gasteiger charge is 2.23. The van der Waals surface area contributed by atoms with E-state index in [1.807, 2.05) is 0 Å². The summed E-state index contributed by atoms with van der Waals surface area (Å²) in [7, 11) is 0. The Kier molecular flexibility index (Phi) is 3.26. The lowest BCUT2D eigenvalue weighted by Crippen LogP contribution is -2.37. The molecular formula is C19H19BN2. The molecule has 2 nitrogen and oxygen atoms in total. The smallest absolute Gasteiger partial charge is 0.370 e. The molecule has 0 amide bonds. The van der Waals surface area contributed by atoms with Gasteiger partial charge in [-0.2, -0.15) is 0 Å². The molecule has 1 aliphatic heterocycles. The normalized spacial score (nSPS) is 12.9. The average Bonchev–Trinajstić information content (AvgIpc) is 2.55. The highest BCUT2D eigenvalue weighted by atomic mass is 15.0. The van der Waals surface area contributed by atoms with Gasteiger partial charge in [-0.05, 0) is 48.3 Å². The van der Waals surface area contributed by atoms with Crippen LogP contribution in [0, 0.1) is 6.92 Å². The summed E-state index contributed by atoms with van der Waals surface area (Å²) in [6, 6.07) is 21.6. The first kappa shape index (κ1) is 13.3. The van der Waals surface area contributed by atoms with Crippen LogP contribution in [0.15, 0.2) is 60.7 Å². The Bertz CT molecular complexity index is 788. The standard InChI is InChI=1S/C19H19BN2/c1-14-6-2-3-7-15(14)12-13-20-21-17-10-4-8-16-9-5-11-18(22-20)19(16)17/h2-11,21-22H,12-13H2,1H3. The molecule has 0 saturated carbocycles. The van der Waals surface area contributed by atoms with Crippen LogP contribution in [0.4, 0.5) is 11.4 Å². The van der Waals surface area contributed by atoms with Crippen molar-refractivity contribution in [2.45, 2.75) is 19.7 Å². The van der Waals surface area contributed by atoms with Crippen molar-refractivity contribution in [1.29, 1.82) is 0 Å². The Morgan fingerprint density at radius 2 is 1.50 bits per heavy atom. The molecule has 0 atom stereocenters. The quantitative estimate of drug-likeness (QED) is 0.681. The molecule has 4 rings (SSSR count). The van der Waals surface area contributed by atoms with Gasteiger partial charge >= 0.3 is 6.98 Å². The van der Waals surface area contributed by atoms with E-state index in [1.165, 1.54) is 33.3 Å². The number of hydrogen-bond donors (Lipinski definition) is 2. The molecule has 0 aliphatic carbocycles. The lowest BCUT2D eigenvalue weighted by atomic mass is 9.68. The number of hydrogen-bond acceptors (Lipinski definition) is 2. The zero-order valence-corrected chi connectivity index (χ0v) is 12.8. The van der Waals surface area contributed by atoms with E-state index in [1.54, 1.807) is 0 Å². The van der Waals surface area contributed by atoms with Crippen molar-refractivity contribution in [3.05, 3.63) is 71.8 Å². The van der Waals surface area contributed by atoms with Crippen LogP contribution < -0.4 is 10.5 Å². The summed E-state index contributed by atoms with van der Waals surface area (Å²) >= 11 is 0. The SMILES string of the molecule is Cc1ccccc1CCB1Nc2cccc3cccc(c23)N1. The van der Waals surface area contributed by atoms with Gasteiger partial charge in [0.15, 0.2) is 0 Å². The second kappa shape index (κ2) is 5.41. The van der Waals surface area contributed by atoms with Gasteiger partial charge in [-0.3, -0.25) is 0 Å². The first-order valence-corrected chi connectivity index (χ1v) is 7.90. The van der Waals surface area contributed by atoms with Crippen molar-refractivity contribution >= 4 is 29.1 Å². The van der Waals surface area contributed by atoms with Crippen molar-refractivity contribution in [2.24, 2.45) is 0 Å². The van der Waals surface area contributed by atoms with Gasteiger partial charge in [-0.25, -0.2) is 0 Å². The third kappa shape index (κ3) is 2.33. The summed E-state index contributed by atoms with van der Waals surface area (Å²) in [6.07, 6.45) is 2.14. The van der Waals surface area contributed by atoms with Crippen LogP contribution in [-0.2, 0) is 6.42 Å². The van der Waals surface area contributed by atoms with Crippen molar-refractivity contribution in [3.8, 4) is 0 Å². The third-order valence-electron chi connectivity index (χ3n) is 4.53. The van der Waals surface area contributed by atoms with Crippen LogP contribution in [0.2, 0.25) is 6.32 Å². The van der Waals surface area contributed by atoms with E-state index < -0.39 is 0 Å². The maximum absolute atomic E-state index is 3.64. The molecule has 1 aliphatic rings. The number of anilines is 2. The molecule has 0 bridgehead atoms. The molecule has 0 fully saturated rings. The predicted molar refractivity (Wildman–Crippen MR) is 96.6 cm³/mol. The summed E-state index contributed by atoms with van der Waals surface area (Å²) in [5.41, 5.74) is 5.28. The molecule has 3 aromatic rings. The zero-order chi connectivity index (χ0) is 14.9. The monoisotopic (exact) mass is 286 g/mol. The summed E-state index contributed by atoms with van der Waals surface area (Å²) in [5.74, 6) is 0. The zero-order valence-electron chi connectivity index (χ0n) is 12.8. The van der Waals surface area contributed by atoms with Gasteiger partial charge in [0.2, 0.25) is 0 Å². The summed E-state index contributed by atoms with van der Waals surface area (Å²) in [6.45, 7) is 2.47. The van der Waals surface area contributed by atoms with E-state index in [4.69, 9.17) is 0 Å². The molecule has 0 saturated heterocycles. The second-order valence-electron chi connectivity index (χ2n) is 6.02. The Balaban J connectivity index is 1.56. The van der Waals surface area contributed by atoms with Crippen molar-refractivity contribution in [1.82, 2.24) is 0 Å². The van der Waals surface area contributed by atoms with Crippen molar-refractivity contribution in [3.63, 3.8) is 0 Å². The molecule has 3 aromatic carbocycles. The molecule has 3 heteroatoms. The lowest BCUT2D eigenvalue weighted by Gasteiger charge is -2.26.